The molecular weight excluding hydrogens is 433 g/mol. The molecule has 3 fully saturated rings. The maximum Gasteiger partial charge on any atom is 0.419 e. The molecule has 3 heterocycles. The Hall–Kier alpha value is -1.88. The van der Waals surface area contributed by atoms with Crippen molar-refractivity contribution in [3.05, 3.63) is 29.6 Å². The molecule has 4 nitrogen and oxygen atoms in total. The summed E-state index contributed by atoms with van der Waals surface area (Å²) >= 11 is 0. The first kappa shape index (κ1) is 22.3. The van der Waals surface area contributed by atoms with Gasteiger partial charge in [0.25, 0.3) is 0 Å². The maximum atomic E-state index is 14.3. The molecule has 2 N–H and O–H groups in total. The summed E-state index contributed by atoms with van der Waals surface area (Å²) in [4.78, 5) is 13.0. The van der Waals surface area contributed by atoms with Crippen LogP contribution in [-0.2, 0) is 15.7 Å². The summed E-state index contributed by atoms with van der Waals surface area (Å²) in [5, 5.41) is 4.82. The van der Waals surface area contributed by atoms with Crippen LogP contribution in [0, 0.1) is 17.7 Å². The molecule has 0 spiro atoms. The van der Waals surface area contributed by atoms with Crippen LogP contribution in [0.2, 0.25) is 0 Å². The summed E-state index contributed by atoms with van der Waals surface area (Å²) in [7, 11) is 0. The number of halogens is 7. The minimum Gasteiger partial charge on any atom is -0.374 e. The van der Waals surface area contributed by atoms with E-state index in [0.29, 0.717) is 31.7 Å². The molecule has 0 aliphatic carbocycles. The topological polar surface area (TPSA) is 50.4 Å². The number of fused-ring (bicyclic) bond motifs is 2. The largest absolute Gasteiger partial charge is 0.419 e. The zero-order valence-electron chi connectivity index (χ0n) is 16.2. The van der Waals surface area contributed by atoms with Gasteiger partial charge in [-0.3, -0.25) is 4.79 Å². The van der Waals surface area contributed by atoms with Crippen molar-refractivity contribution in [2.24, 2.45) is 11.8 Å². The van der Waals surface area contributed by atoms with Gasteiger partial charge in [0.2, 0.25) is 5.91 Å². The van der Waals surface area contributed by atoms with Gasteiger partial charge in [0.15, 0.2) is 5.82 Å². The van der Waals surface area contributed by atoms with E-state index in [-0.39, 0.29) is 6.42 Å². The number of hydrogen-bond donors (Lipinski definition) is 2. The van der Waals surface area contributed by atoms with Crippen LogP contribution in [0.1, 0.15) is 37.7 Å². The molecular formula is C20H21F7N2O2. The van der Waals surface area contributed by atoms with Gasteiger partial charge in [-0.25, -0.2) is 4.39 Å². The van der Waals surface area contributed by atoms with Crippen LogP contribution in [-0.4, -0.2) is 36.4 Å². The van der Waals surface area contributed by atoms with Crippen LogP contribution in [0.3, 0.4) is 0 Å². The van der Waals surface area contributed by atoms with Gasteiger partial charge in [-0.1, -0.05) is 6.07 Å². The highest BCUT2D eigenvalue weighted by Crippen LogP contribution is 2.47. The van der Waals surface area contributed by atoms with Crippen molar-refractivity contribution >= 4 is 11.6 Å². The van der Waals surface area contributed by atoms with E-state index < -0.39 is 71.5 Å². The van der Waals surface area contributed by atoms with Crippen LogP contribution in [0.15, 0.2) is 18.2 Å². The van der Waals surface area contributed by atoms with Crippen molar-refractivity contribution in [3.63, 3.8) is 0 Å². The first-order valence-corrected chi connectivity index (χ1v) is 10.1. The van der Waals surface area contributed by atoms with Crippen molar-refractivity contribution in [3.8, 4) is 0 Å². The lowest BCUT2D eigenvalue weighted by molar-refractivity contribution is -0.165. The van der Waals surface area contributed by atoms with Gasteiger partial charge < -0.3 is 15.4 Å². The Morgan fingerprint density at radius 2 is 1.74 bits per heavy atom. The van der Waals surface area contributed by atoms with Gasteiger partial charge in [-0.2, -0.15) is 26.3 Å². The minimum absolute atomic E-state index is 0.0615. The molecule has 0 aromatic heterocycles. The fourth-order valence-corrected chi connectivity index (χ4v) is 5.16. The number of benzene rings is 1. The Bertz CT molecular complexity index is 842. The van der Waals surface area contributed by atoms with Gasteiger partial charge in [0.05, 0.1) is 29.4 Å². The molecule has 3 aliphatic heterocycles. The second-order valence-corrected chi connectivity index (χ2v) is 8.35. The molecule has 0 saturated carbocycles. The highest BCUT2D eigenvalue weighted by molar-refractivity contribution is 5.93. The van der Waals surface area contributed by atoms with Crippen LogP contribution < -0.4 is 10.6 Å². The van der Waals surface area contributed by atoms with E-state index in [1.807, 2.05) is 0 Å². The standard InChI is InChI=1S/C20H21F7N2O2/c21-17-9(19(22,23)24)3-1-5-11(17)29-18(30)16-13-8-7-12(31-13)15(16)10-4-2-6-14(28-10)20(25,26)27/h1,3,5,10,12-16,28H,2,4,6-8H2,(H,29,30)/t10-,12?,13?,14?,15?,16?/m1/s1. The smallest absolute Gasteiger partial charge is 0.374 e. The van der Waals surface area contributed by atoms with Crippen molar-refractivity contribution in [2.75, 3.05) is 5.32 Å². The van der Waals surface area contributed by atoms with E-state index in [1.165, 1.54) is 0 Å². The number of hydrogen-bond acceptors (Lipinski definition) is 3. The number of amides is 1. The number of anilines is 1. The minimum atomic E-state index is -4.93. The molecule has 1 aromatic carbocycles. The van der Waals surface area contributed by atoms with E-state index in [2.05, 4.69) is 10.6 Å². The summed E-state index contributed by atoms with van der Waals surface area (Å²) in [6, 6.07) is 0.252. The lowest BCUT2D eigenvalue weighted by Gasteiger charge is -2.40. The van der Waals surface area contributed by atoms with Crippen LogP contribution in [0.5, 0.6) is 0 Å². The van der Waals surface area contributed by atoms with Gasteiger partial charge in [-0.15, -0.1) is 0 Å². The first-order valence-electron chi connectivity index (χ1n) is 10.1. The average Bonchev–Trinajstić information content (AvgIpc) is 3.29. The number of piperidine rings is 1. The Kier molecular flexibility index (Phi) is 5.70. The summed E-state index contributed by atoms with van der Waals surface area (Å²) in [5.41, 5.74) is -2.13. The molecule has 1 amide bonds. The Morgan fingerprint density at radius 1 is 1.03 bits per heavy atom. The predicted molar refractivity (Wildman–Crippen MR) is 95.5 cm³/mol. The normalized spacial score (nSPS) is 33.5. The molecule has 1 aromatic rings. The van der Waals surface area contributed by atoms with Gasteiger partial charge in [0, 0.05) is 12.0 Å². The molecule has 0 radical (unpaired) electrons. The molecule has 172 valence electrons. The molecule has 11 heteroatoms. The number of alkyl halides is 6. The molecule has 3 saturated heterocycles. The van der Waals surface area contributed by atoms with E-state index in [9.17, 15) is 35.5 Å². The second-order valence-electron chi connectivity index (χ2n) is 8.35. The third-order valence-corrected chi connectivity index (χ3v) is 6.48. The van der Waals surface area contributed by atoms with E-state index in [1.54, 1.807) is 0 Å². The van der Waals surface area contributed by atoms with Crippen molar-refractivity contribution in [2.45, 2.75) is 68.7 Å². The Morgan fingerprint density at radius 3 is 2.42 bits per heavy atom. The SMILES string of the molecule is O=C(Nc1cccc(C(F)(F)F)c1F)C1C2CCC(O2)C1[C@H]1CCCC(C(F)(F)F)N1. The molecule has 31 heavy (non-hydrogen) atoms. The summed E-state index contributed by atoms with van der Waals surface area (Å²) in [6.45, 7) is 0. The van der Waals surface area contributed by atoms with Crippen molar-refractivity contribution in [1.82, 2.24) is 5.32 Å². The zero-order valence-corrected chi connectivity index (χ0v) is 16.2. The number of rotatable bonds is 3. The monoisotopic (exact) mass is 454 g/mol. The van der Waals surface area contributed by atoms with Gasteiger partial charge in [-0.05, 0) is 44.2 Å². The van der Waals surface area contributed by atoms with Crippen LogP contribution in [0.25, 0.3) is 0 Å². The highest BCUT2D eigenvalue weighted by atomic mass is 19.4. The molecule has 4 rings (SSSR count). The van der Waals surface area contributed by atoms with E-state index >= 15 is 0 Å². The Balaban J connectivity index is 1.55. The lowest BCUT2D eigenvalue weighted by atomic mass is 9.72. The number of ether oxygens (including phenoxy) is 1. The lowest BCUT2D eigenvalue weighted by Crippen LogP contribution is -2.56. The van der Waals surface area contributed by atoms with Crippen molar-refractivity contribution < 1.29 is 40.3 Å². The number of nitrogens with one attached hydrogen (secondary N) is 2. The average molecular weight is 454 g/mol. The molecule has 2 bridgehead atoms. The number of carbonyl (C=O) groups excluding carboxylic acids is 1. The fourth-order valence-electron chi connectivity index (χ4n) is 5.16. The third-order valence-electron chi connectivity index (χ3n) is 6.48. The molecule has 3 aliphatic rings. The summed E-state index contributed by atoms with van der Waals surface area (Å²) in [6.07, 6.45) is -8.54. The maximum absolute atomic E-state index is 14.3. The second kappa shape index (κ2) is 7.91. The Labute approximate surface area is 173 Å². The van der Waals surface area contributed by atoms with Gasteiger partial charge >= 0.3 is 12.4 Å². The molecule has 5 unspecified atom stereocenters. The summed E-state index contributed by atoms with van der Waals surface area (Å²) < 4.78 is 98.6. The number of carbonyl (C=O) groups is 1. The van der Waals surface area contributed by atoms with Crippen LogP contribution in [0.4, 0.5) is 36.4 Å². The molecule has 6 atom stereocenters. The third kappa shape index (κ3) is 4.26. The fraction of sp³-hybridized carbons (Fsp3) is 0.650. The van der Waals surface area contributed by atoms with Crippen molar-refractivity contribution in [1.29, 1.82) is 0 Å². The van der Waals surface area contributed by atoms with Gasteiger partial charge in [0.1, 0.15) is 6.04 Å². The predicted octanol–water partition coefficient (Wildman–Crippen LogP) is 4.65. The van der Waals surface area contributed by atoms with E-state index in [0.717, 1.165) is 12.1 Å². The highest BCUT2D eigenvalue weighted by Gasteiger charge is 2.56. The summed E-state index contributed by atoms with van der Waals surface area (Å²) in [5.74, 6) is -3.79. The quantitative estimate of drug-likeness (QED) is 0.654. The first-order chi connectivity index (χ1) is 14.5. The zero-order chi connectivity index (χ0) is 22.6. The van der Waals surface area contributed by atoms with E-state index in [4.69, 9.17) is 4.74 Å². The van der Waals surface area contributed by atoms with Crippen LogP contribution >= 0.6 is 0 Å².